The topological polar surface area (TPSA) is 82.3 Å². The molecule has 1 aromatic carbocycles. The molecule has 7 heteroatoms. The number of thiophene rings is 1. The molecule has 5 heterocycles. The molecule has 0 saturated heterocycles. The fourth-order valence-corrected chi connectivity index (χ4v) is 6.44. The van der Waals surface area contributed by atoms with Gasteiger partial charge in [-0.05, 0) is 73.7 Å². The van der Waals surface area contributed by atoms with Gasteiger partial charge >= 0.3 is 0 Å². The quantitative estimate of drug-likeness (QED) is 0.208. The predicted octanol–water partition coefficient (Wildman–Crippen LogP) is 8.32. The molecule has 0 atom stereocenters. The van der Waals surface area contributed by atoms with E-state index in [2.05, 4.69) is 81.4 Å². The van der Waals surface area contributed by atoms with Crippen molar-refractivity contribution in [2.45, 2.75) is 32.6 Å². The zero-order chi connectivity index (χ0) is 25.6. The first-order valence-electron chi connectivity index (χ1n) is 13.1. The zero-order valence-corrected chi connectivity index (χ0v) is 22.0. The van der Waals surface area contributed by atoms with Gasteiger partial charge in [-0.15, -0.1) is 11.3 Å². The van der Waals surface area contributed by atoms with Crippen LogP contribution in [0.15, 0.2) is 79.4 Å². The second kappa shape index (κ2) is 9.26. The van der Waals surface area contributed by atoms with Crippen LogP contribution in [0.3, 0.4) is 0 Å². The van der Waals surface area contributed by atoms with E-state index < -0.39 is 0 Å². The van der Waals surface area contributed by atoms with Gasteiger partial charge in [0.25, 0.3) is 0 Å². The van der Waals surface area contributed by atoms with Crippen LogP contribution in [0, 0.1) is 12.8 Å². The molecule has 1 aliphatic carbocycles. The summed E-state index contributed by atoms with van der Waals surface area (Å²) in [5.41, 5.74) is 9.12. The number of pyridine rings is 2. The van der Waals surface area contributed by atoms with Crippen molar-refractivity contribution in [2.24, 2.45) is 5.92 Å². The zero-order valence-electron chi connectivity index (χ0n) is 21.2. The Kier molecular flexibility index (Phi) is 5.59. The number of fused-ring (bicyclic) bond motifs is 2. The summed E-state index contributed by atoms with van der Waals surface area (Å²) in [4.78, 5) is 15.2. The number of H-pyrrole nitrogens is 2. The number of hydrogen-bond acceptors (Lipinski definition) is 5. The summed E-state index contributed by atoms with van der Waals surface area (Å²) in [6.45, 7) is 6.42. The number of allylic oxidation sites excluding steroid dienone is 1. The van der Waals surface area contributed by atoms with Crippen LogP contribution in [0.4, 0.5) is 5.69 Å². The molecule has 1 saturated carbocycles. The van der Waals surface area contributed by atoms with E-state index in [1.165, 1.54) is 35.4 Å². The third-order valence-corrected chi connectivity index (χ3v) is 8.57. The molecule has 0 bridgehead atoms. The van der Waals surface area contributed by atoms with Crippen LogP contribution in [0.2, 0.25) is 0 Å². The molecular formula is C31H28N6S. The van der Waals surface area contributed by atoms with Gasteiger partial charge in [-0.1, -0.05) is 25.5 Å². The van der Waals surface area contributed by atoms with Gasteiger partial charge in [0.2, 0.25) is 0 Å². The third-order valence-electron chi connectivity index (χ3n) is 7.56. The first-order chi connectivity index (χ1) is 18.6. The van der Waals surface area contributed by atoms with Crippen LogP contribution in [0.25, 0.3) is 54.9 Å². The van der Waals surface area contributed by atoms with E-state index in [4.69, 9.17) is 4.98 Å². The van der Waals surface area contributed by atoms with E-state index in [1.807, 2.05) is 24.7 Å². The summed E-state index contributed by atoms with van der Waals surface area (Å²) in [6, 6.07) is 17.0. The number of aryl methyl sites for hydroxylation is 1. The van der Waals surface area contributed by atoms with Crippen molar-refractivity contribution in [3.63, 3.8) is 0 Å². The molecule has 38 heavy (non-hydrogen) atoms. The van der Waals surface area contributed by atoms with Crippen LogP contribution in [0.5, 0.6) is 0 Å². The Labute approximate surface area is 224 Å². The minimum Gasteiger partial charge on any atom is -0.358 e. The number of aromatic nitrogens is 5. The maximum absolute atomic E-state index is 4.70. The summed E-state index contributed by atoms with van der Waals surface area (Å²) >= 11 is 1.76. The van der Waals surface area contributed by atoms with Crippen molar-refractivity contribution in [2.75, 3.05) is 5.32 Å². The molecule has 0 spiro atoms. The predicted molar refractivity (Wildman–Crippen MR) is 157 cm³/mol. The van der Waals surface area contributed by atoms with Crippen molar-refractivity contribution >= 4 is 38.8 Å². The van der Waals surface area contributed by atoms with Crippen LogP contribution in [0.1, 0.15) is 30.6 Å². The van der Waals surface area contributed by atoms with E-state index >= 15 is 0 Å². The van der Waals surface area contributed by atoms with Crippen LogP contribution < -0.4 is 5.32 Å². The van der Waals surface area contributed by atoms with Gasteiger partial charge in [-0.25, -0.2) is 0 Å². The minimum atomic E-state index is 0.555. The average molecular weight is 517 g/mol. The summed E-state index contributed by atoms with van der Waals surface area (Å²) in [6.07, 6.45) is 10.7. The van der Waals surface area contributed by atoms with E-state index in [-0.39, 0.29) is 0 Å². The lowest BCUT2D eigenvalue weighted by molar-refractivity contribution is 0.649. The lowest BCUT2D eigenvalue weighted by Gasteiger charge is -2.16. The molecule has 6 nitrogen and oxygen atoms in total. The second-order valence-electron chi connectivity index (χ2n) is 10.1. The number of nitrogens with one attached hydrogen (secondary N) is 3. The van der Waals surface area contributed by atoms with Crippen molar-refractivity contribution in [1.82, 2.24) is 25.1 Å². The summed E-state index contributed by atoms with van der Waals surface area (Å²) in [5.74, 6) is 0.555. The number of benzene rings is 1. The lowest BCUT2D eigenvalue weighted by Crippen LogP contribution is -2.07. The number of rotatable bonds is 6. The molecule has 0 unspecified atom stereocenters. The van der Waals surface area contributed by atoms with Gasteiger partial charge in [0, 0.05) is 44.8 Å². The van der Waals surface area contributed by atoms with Crippen molar-refractivity contribution in [3.05, 3.63) is 84.3 Å². The number of anilines is 1. The van der Waals surface area contributed by atoms with Gasteiger partial charge in [-0.2, -0.15) is 5.10 Å². The van der Waals surface area contributed by atoms with Crippen LogP contribution in [-0.2, 0) is 0 Å². The van der Waals surface area contributed by atoms with Gasteiger partial charge in [0.15, 0.2) is 0 Å². The smallest absolute Gasteiger partial charge is 0.116 e. The van der Waals surface area contributed by atoms with E-state index in [0.717, 1.165) is 61.4 Å². The highest BCUT2D eigenvalue weighted by Crippen LogP contribution is 2.37. The molecule has 3 N–H and O–H groups in total. The molecule has 5 aromatic heterocycles. The fourth-order valence-electron chi connectivity index (χ4n) is 5.57. The molecule has 7 rings (SSSR count). The largest absolute Gasteiger partial charge is 0.358 e. The van der Waals surface area contributed by atoms with Gasteiger partial charge in [0.05, 0.1) is 33.7 Å². The fraction of sp³-hybridized carbons (Fsp3) is 0.194. The first-order valence-corrected chi connectivity index (χ1v) is 13.9. The molecule has 188 valence electrons. The van der Waals surface area contributed by atoms with E-state index in [9.17, 15) is 0 Å². The third kappa shape index (κ3) is 4.09. The summed E-state index contributed by atoms with van der Waals surface area (Å²) < 4.78 is 0. The molecule has 0 radical (unpaired) electrons. The Balaban J connectivity index is 1.24. The van der Waals surface area contributed by atoms with Gasteiger partial charge in [-0.3, -0.25) is 15.1 Å². The number of aromatic amines is 2. The van der Waals surface area contributed by atoms with Crippen molar-refractivity contribution in [1.29, 1.82) is 0 Å². The monoisotopic (exact) mass is 516 g/mol. The van der Waals surface area contributed by atoms with Gasteiger partial charge in [0.1, 0.15) is 5.69 Å². The Morgan fingerprint density at radius 1 is 0.947 bits per heavy atom. The normalized spacial score (nSPS) is 14.0. The molecule has 1 aliphatic rings. The van der Waals surface area contributed by atoms with Crippen LogP contribution >= 0.6 is 11.3 Å². The molecular weight excluding hydrogens is 488 g/mol. The van der Waals surface area contributed by atoms with E-state index in [1.54, 1.807) is 11.3 Å². The average Bonchev–Trinajstić information content (AvgIpc) is 3.74. The maximum atomic E-state index is 4.70. The number of nitrogens with zero attached hydrogens (tertiary/aromatic N) is 3. The van der Waals surface area contributed by atoms with Crippen molar-refractivity contribution in [3.8, 4) is 33.1 Å². The Bertz CT molecular complexity index is 1800. The highest BCUT2D eigenvalue weighted by Gasteiger charge is 2.19. The Morgan fingerprint density at radius 2 is 1.82 bits per heavy atom. The summed E-state index contributed by atoms with van der Waals surface area (Å²) in [7, 11) is 0. The minimum absolute atomic E-state index is 0.555. The molecule has 0 amide bonds. The lowest BCUT2D eigenvalue weighted by atomic mass is 10.0. The van der Waals surface area contributed by atoms with Crippen LogP contribution in [-0.4, -0.2) is 25.1 Å². The highest BCUT2D eigenvalue weighted by molar-refractivity contribution is 7.15. The van der Waals surface area contributed by atoms with Crippen molar-refractivity contribution < 1.29 is 0 Å². The Morgan fingerprint density at radius 3 is 2.66 bits per heavy atom. The number of hydrogen-bond donors (Lipinski definition) is 3. The van der Waals surface area contributed by atoms with E-state index in [0.29, 0.717) is 5.92 Å². The SMILES string of the molecule is C=C(Nc1cncc(-c2ccc3[nH]nc(-c4cc5c(-c6ccc(C)s6)nccc5[nH]4)c3c2)c1)C1CCCC1. The first kappa shape index (κ1) is 22.9. The summed E-state index contributed by atoms with van der Waals surface area (Å²) in [5, 5.41) is 13.6. The standard InChI is InChI=1S/C31H28N6S/c1-18-7-10-29(38-18)31-25-15-28(35-26(25)11-12-33-31)30-24-14-21(8-9-27(24)36-37-30)22-13-23(17-32-16-22)34-19(2)20-5-3-4-6-20/h7-17,20,34-35H,2-6H2,1H3,(H,36,37). The second-order valence-corrected chi connectivity index (χ2v) is 11.4. The molecule has 1 fully saturated rings. The highest BCUT2D eigenvalue weighted by atomic mass is 32.1. The molecule has 0 aliphatic heterocycles. The maximum Gasteiger partial charge on any atom is 0.116 e. The Hall–Kier alpha value is -4.23. The molecule has 6 aromatic rings. The van der Waals surface area contributed by atoms with Gasteiger partial charge < -0.3 is 10.3 Å².